The van der Waals surface area contributed by atoms with Crippen LogP contribution in [0.15, 0.2) is 35.0 Å². The van der Waals surface area contributed by atoms with E-state index in [0.717, 1.165) is 0 Å². The number of hydrogen-bond donors (Lipinski definition) is 2. The van der Waals surface area contributed by atoms with Crippen LogP contribution < -0.4 is 20.1 Å². The van der Waals surface area contributed by atoms with Crippen molar-refractivity contribution in [3.8, 4) is 11.5 Å². The van der Waals surface area contributed by atoms with Gasteiger partial charge in [0.25, 0.3) is 5.91 Å². The van der Waals surface area contributed by atoms with Gasteiger partial charge in [-0.1, -0.05) is 0 Å². The Morgan fingerprint density at radius 1 is 1.12 bits per heavy atom. The molecule has 2 aromatic rings. The Morgan fingerprint density at radius 2 is 1.92 bits per heavy atom. The van der Waals surface area contributed by atoms with Gasteiger partial charge in [0.2, 0.25) is 5.91 Å². The highest BCUT2D eigenvalue weighted by Gasteiger charge is 2.10. The minimum Gasteiger partial charge on any atom is -0.494 e. The third-order valence-electron chi connectivity index (χ3n) is 3.49. The minimum absolute atomic E-state index is 0.116. The summed E-state index contributed by atoms with van der Waals surface area (Å²) in [5.41, 5.74) is 1.23. The Morgan fingerprint density at radius 3 is 2.62 bits per heavy atom. The predicted octanol–water partition coefficient (Wildman–Crippen LogP) is 3.69. The van der Waals surface area contributed by atoms with Crippen molar-refractivity contribution in [1.82, 2.24) is 5.32 Å². The zero-order valence-corrected chi connectivity index (χ0v) is 15.9. The van der Waals surface area contributed by atoms with Gasteiger partial charge < -0.3 is 20.1 Å². The Labute approximate surface area is 157 Å². The van der Waals surface area contributed by atoms with Gasteiger partial charge in [-0.25, -0.2) is 0 Å². The minimum atomic E-state index is -0.135. The first kappa shape index (κ1) is 19.8. The van der Waals surface area contributed by atoms with Crippen molar-refractivity contribution in [2.75, 3.05) is 25.1 Å². The molecule has 0 spiro atoms. The number of nitrogens with one attached hydrogen (secondary N) is 2. The second-order valence-electron chi connectivity index (χ2n) is 5.44. The highest BCUT2D eigenvalue weighted by molar-refractivity contribution is 7.08. The number of ether oxygens (including phenoxy) is 2. The molecule has 7 heteroatoms. The van der Waals surface area contributed by atoms with E-state index >= 15 is 0 Å². The predicted molar refractivity (Wildman–Crippen MR) is 103 cm³/mol. The molecule has 26 heavy (non-hydrogen) atoms. The molecule has 0 unspecified atom stereocenters. The number of carbonyl (C=O) groups is 2. The summed E-state index contributed by atoms with van der Waals surface area (Å²) in [6, 6.07) is 7.12. The SMILES string of the molecule is CCOc1ccc(OCC)c(NC(=O)CCCNC(=O)c2ccsc2)c1. The first-order valence-electron chi connectivity index (χ1n) is 8.64. The lowest BCUT2D eigenvalue weighted by Gasteiger charge is -2.13. The Hall–Kier alpha value is -2.54. The zero-order chi connectivity index (χ0) is 18.8. The summed E-state index contributed by atoms with van der Waals surface area (Å²) in [5.74, 6) is 1.03. The summed E-state index contributed by atoms with van der Waals surface area (Å²) in [6.07, 6.45) is 0.852. The molecule has 140 valence electrons. The van der Waals surface area contributed by atoms with Crippen molar-refractivity contribution < 1.29 is 19.1 Å². The number of rotatable bonds is 10. The van der Waals surface area contributed by atoms with Crippen molar-refractivity contribution >= 4 is 28.8 Å². The van der Waals surface area contributed by atoms with Gasteiger partial charge in [0, 0.05) is 30.0 Å². The third-order valence-corrected chi connectivity index (χ3v) is 4.17. The van der Waals surface area contributed by atoms with E-state index in [1.165, 1.54) is 11.3 Å². The molecule has 0 radical (unpaired) electrons. The fourth-order valence-corrected chi connectivity index (χ4v) is 2.94. The van der Waals surface area contributed by atoms with Crippen molar-refractivity contribution in [2.45, 2.75) is 26.7 Å². The van der Waals surface area contributed by atoms with Crippen LogP contribution in [0.2, 0.25) is 0 Å². The lowest BCUT2D eigenvalue weighted by Crippen LogP contribution is -2.25. The molecule has 0 aliphatic carbocycles. The molecular formula is C19H24N2O4S. The van der Waals surface area contributed by atoms with Gasteiger partial charge in [0.05, 0.1) is 18.9 Å². The van der Waals surface area contributed by atoms with Gasteiger partial charge in [0.1, 0.15) is 11.5 Å². The van der Waals surface area contributed by atoms with Crippen molar-refractivity contribution in [1.29, 1.82) is 0 Å². The molecule has 0 bridgehead atoms. The summed E-state index contributed by atoms with van der Waals surface area (Å²) in [4.78, 5) is 24.0. The quantitative estimate of drug-likeness (QED) is 0.620. The topological polar surface area (TPSA) is 76.7 Å². The van der Waals surface area contributed by atoms with Gasteiger partial charge in [-0.3, -0.25) is 9.59 Å². The van der Waals surface area contributed by atoms with Gasteiger partial charge in [-0.15, -0.1) is 0 Å². The Kier molecular flexibility index (Phi) is 7.95. The maximum atomic E-state index is 12.2. The summed E-state index contributed by atoms with van der Waals surface area (Å²) in [7, 11) is 0. The van der Waals surface area contributed by atoms with Crippen molar-refractivity contribution in [3.05, 3.63) is 40.6 Å². The molecular weight excluding hydrogens is 352 g/mol. The van der Waals surface area contributed by atoms with Crippen LogP contribution in [0.3, 0.4) is 0 Å². The maximum Gasteiger partial charge on any atom is 0.252 e. The molecule has 0 saturated heterocycles. The van der Waals surface area contributed by atoms with Crippen molar-refractivity contribution in [2.24, 2.45) is 0 Å². The van der Waals surface area contributed by atoms with Crippen LogP contribution in [0.4, 0.5) is 5.69 Å². The zero-order valence-electron chi connectivity index (χ0n) is 15.0. The standard InChI is InChI=1S/C19H24N2O4S/c1-3-24-15-7-8-17(25-4-2)16(12-15)21-18(22)6-5-10-20-19(23)14-9-11-26-13-14/h7-9,11-13H,3-6,10H2,1-2H3,(H,20,23)(H,21,22). The first-order chi connectivity index (χ1) is 12.6. The smallest absolute Gasteiger partial charge is 0.252 e. The van der Waals surface area contributed by atoms with E-state index in [1.54, 1.807) is 23.6 Å². The van der Waals surface area contributed by atoms with Crippen LogP contribution in [0, 0.1) is 0 Å². The van der Waals surface area contributed by atoms with Crippen molar-refractivity contribution in [3.63, 3.8) is 0 Å². The summed E-state index contributed by atoms with van der Waals surface area (Å²) < 4.78 is 11.0. The second-order valence-corrected chi connectivity index (χ2v) is 6.22. The molecule has 0 aliphatic heterocycles. The average molecular weight is 376 g/mol. The lowest BCUT2D eigenvalue weighted by atomic mass is 10.2. The van der Waals surface area contributed by atoms with Gasteiger partial charge in [-0.05, 0) is 43.8 Å². The summed E-state index contributed by atoms with van der Waals surface area (Å²) in [6.45, 7) is 5.29. The number of amides is 2. The molecule has 6 nitrogen and oxygen atoms in total. The number of benzene rings is 1. The summed E-state index contributed by atoms with van der Waals surface area (Å²) in [5, 5.41) is 9.31. The average Bonchev–Trinajstić information content (AvgIpc) is 3.16. The molecule has 2 rings (SSSR count). The van der Waals surface area contributed by atoms with E-state index in [1.807, 2.05) is 25.3 Å². The summed E-state index contributed by atoms with van der Waals surface area (Å²) >= 11 is 1.48. The molecule has 0 atom stereocenters. The third kappa shape index (κ3) is 6.07. The second kappa shape index (κ2) is 10.5. The fourth-order valence-electron chi connectivity index (χ4n) is 2.30. The maximum absolute atomic E-state index is 12.2. The van der Waals surface area contributed by atoms with Crippen LogP contribution in [0.25, 0.3) is 0 Å². The number of hydrogen-bond acceptors (Lipinski definition) is 5. The molecule has 1 heterocycles. The highest BCUT2D eigenvalue weighted by Crippen LogP contribution is 2.29. The Bertz CT molecular complexity index is 716. The van der Waals surface area contributed by atoms with Gasteiger partial charge in [0.15, 0.2) is 0 Å². The number of thiophene rings is 1. The molecule has 0 aliphatic rings. The van der Waals surface area contributed by atoms with Crippen LogP contribution in [0.1, 0.15) is 37.0 Å². The highest BCUT2D eigenvalue weighted by atomic mass is 32.1. The Balaban J connectivity index is 1.82. The van der Waals surface area contributed by atoms with Gasteiger partial charge >= 0.3 is 0 Å². The molecule has 0 saturated carbocycles. The normalized spacial score (nSPS) is 10.2. The number of anilines is 1. The largest absolute Gasteiger partial charge is 0.494 e. The lowest BCUT2D eigenvalue weighted by molar-refractivity contribution is -0.116. The molecule has 1 aromatic carbocycles. The molecule has 2 amide bonds. The van der Waals surface area contributed by atoms with Crippen LogP contribution in [0.5, 0.6) is 11.5 Å². The van der Waals surface area contributed by atoms with E-state index < -0.39 is 0 Å². The van der Waals surface area contributed by atoms with E-state index in [0.29, 0.717) is 55.4 Å². The van der Waals surface area contributed by atoms with Crippen LogP contribution >= 0.6 is 11.3 Å². The number of carbonyl (C=O) groups excluding carboxylic acids is 2. The monoisotopic (exact) mass is 376 g/mol. The van der Waals surface area contributed by atoms with Crippen LogP contribution in [-0.4, -0.2) is 31.6 Å². The first-order valence-corrected chi connectivity index (χ1v) is 9.58. The van der Waals surface area contributed by atoms with Gasteiger partial charge in [-0.2, -0.15) is 11.3 Å². The molecule has 2 N–H and O–H groups in total. The van der Waals surface area contributed by atoms with E-state index in [4.69, 9.17) is 9.47 Å². The molecule has 0 fully saturated rings. The van der Waals surface area contributed by atoms with E-state index in [2.05, 4.69) is 10.6 Å². The molecule has 1 aromatic heterocycles. The van der Waals surface area contributed by atoms with E-state index in [-0.39, 0.29) is 11.8 Å². The van der Waals surface area contributed by atoms with Crippen LogP contribution in [-0.2, 0) is 4.79 Å². The van der Waals surface area contributed by atoms with E-state index in [9.17, 15) is 9.59 Å². The fraction of sp³-hybridized carbons (Fsp3) is 0.368.